The van der Waals surface area contributed by atoms with Crippen molar-refractivity contribution in [3.63, 3.8) is 0 Å². The average molecular weight is 381 g/mol. The second-order valence-electron chi connectivity index (χ2n) is 3.37. The van der Waals surface area contributed by atoms with Gasteiger partial charge in [-0.2, -0.15) is 0 Å². The van der Waals surface area contributed by atoms with Gasteiger partial charge in [0.1, 0.15) is 5.75 Å². The standard InChI is InChI=1S/C12H7Br2NO2.Na.H/c13-10-5-8(6-11(14)12(10)17)15-7-1-3-9(16)4-2-7;;/h1-6,16H;;. The van der Waals surface area contributed by atoms with Gasteiger partial charge in [0, 0.05) is 0 Å². The van der Waals surface area contributed by atoms with Gasteiger partial charge in [0.15, 0.2) is 0 Å². The van der Waals surface area contributed by atoms with E-state index in [1.165, 1.54) is 0 Å². The van der Waals surface area contributed by atoms with Crippen LogP contribution in [0.1, 0.15) is 0 Å². The first-order valence-electron chi connectivity index (χ1n) is 4.73. The van der Waals surface area contributed by atoms with Crippen molar-refractivity contribution in [3.05, 3.63) is 45.4 Å². The zero-order valence-electron chi connectivity index (χ0n) is 8.52. The van der Waals surface area contributed by atoms with E-state index in [2.05, 4.69) is 36.9 Å². The van der Waals surface area contributed by atoms with Crippen LogP contribution >= 0.6 is 31.9 Å². The monoisotopic (exact) mass is 379 g/mol. The molecule has 0 bridgehead atoms. The minimum atomic E-state index is -0.102. The van der Waals surface area contributed by atoms with Crippen molar-refractivity contribution in [1.82, 2.24) is 0 Å². The van der Waals surface area contributed by atoms with E-state index in [0.29, 0.717) is 20.4 Å². The second-order valence-corrected chi connectivity index (χ2v) is 5.08. The molecule has 2 rings (SSSR count). The van der Waals surface area contributed by atoms with Crippen molar-refractivity contribution in [2.45, 2.75) is 0 Å². The van der Waals surface area contributed by atoms with Gasteiger partial charge >= 0.3 is 29.6 Å². The number of benzene rings is 1. The third kappa shape index (κ3) is 3.90. The molecule has 1 N–H and O–H groups in total. The molecule has 0 saturated carbocycles. The van der Waals surface area contributed by atoms with Crippen LogP contribution in [-0.2, 0) is 4.79 Å². The summed E-state index contributed by atoms with van der Waals surface area (Å²) in [4.78, 5) is 15.8. The molecule has 0 aromatic heterocycles. The second kappa shape index (κ2) is 6.82. The third-order valence-corrected chi connectivity index (χ3v) is 3.27. The van der Waals surface area contributed by atoms with Gasteiger partial charge in [0.25, 0.3) is 0 Å². The number of aliphatic imine (C=N–C) groups is 1. The Morgan fingerprint density at radius 1 is 1.00 bits per heavy atom. The van der Waals surface area contributed by atoms with Crippen molar-refractivity contribution < 1.29 is 9.90 Å². The summed E-state index contributed by atoms with van der Waals surface area (Å²) in [6, 6.07) is 6.51. The Kier molecular flexibility index (Phi) is 6.01. The summed E-state index contributed by atoms with van der Waals surface area (Å²) in [5.74, 6) is 0.0934. The molecule has 0 fully saturated rings. The van der Waals surface area contributed by atoms with Gasteiger partial charge in [-0.25, -0.2) is 4.99 Å². The summed E-state index contributed by atoms with van der Waals surface area (Å²) in [5, 5.41) is 9.15. The van der Waals surface area contributed by atoms with Crippen molar-refractivity contribution >= 4 is 78.6 Å². The number of allylic oxidation sites excluding steroid dienone is 4. The molecule has 0 heterocycles. The van der Waals surface area contributed by atoms with Crippen LogP contribution in [-0.4, -0.2) is 46.2 Å². The molecular formula is C12H8Br2NNaO2. The number of phenolic OH excluding ortho intramolecular Hbond substituents is 1. The van der Waals surface area contributed by atoms with Gasteiger partial charge in [-0.15, -0.1) is 0 Å². The Labute approximate surface area is 143 Å². The molecule has 3 nitrogen and oxygen atoms in total. The predicted molar refractivity (Wildman–Crippen MR) is 81.4 cm³/mol. The molecule has 0 aliphatic heterocycles. The predicted octanol–water partition coefficient (Wildman–Crippen LogP) is 2.96. The third-order valence-electron chi connectivity index (χ3n) is 2.09. The van der Waals surface area contributed by atoms with Crippen molar-refractivity contribution in [3.8, 4) is 5.75 Å². The fourth-order valence-corrected chi connectivity index (χ4v) is 2.45. The van der Waals surface area contributed by atoms with Crippen LogP contribution in [0.15, 0.2) is 50.4 Å². The van der Waals surface area contributed by atoms with E-state index in [1.54, 1.807) is 36.4 Å². The summed E-state index contributed by atoms with van der Waals surface area (Å²) < 4.78 is 0.925. The van der Waals surface area contributed by atoms with Crippen molar-refractivity contribution in [2.24, 2.45) is 4.99 Å². The van der Waals surface area contributed by atoms with E-state index in [9.17, 15) is 4.79 Å². The molecule has 0 unspecified atom stereocenters. The van der Waals surface area contributed by atoms with E-state index >= 15 is 0 Å². The Morgan fingerprint density at radius 3 is 2.00 bits per heavy atom. The van der Waals surface area contributed by atoms with Crippen molar-refractivity contribution in [1.29, 1.82) is 0 Å². The number of ketones is 1. The minimum absolute atomic E-state index is 0. The maximum atomic E-state index is 11.4. The number of halogens is 2. The molecule has 6 heteroatoms. The van der Waals surface area contributed by atoms with Crippen molar-refractivity contribution in [2.75, 3.05) is 0 Å². The Balaban J connectivity index is 0.00000162. The molecule has 88 valence electrons. The summed E-state index contributed by atoms with van der Waals surface area (Å²) in [6.45, 7) is 0. The number of carbonyl (C=O) groups is 1. The zero-order chi connectivity index (χ0) is 12.4. The molecule has 0 amide bonds. The fourth-order valence-electron chi connectivity index (χ4n) is 1.29. The molecule has 1 aliphatic rings. The number of hydrogen-bond acceptors (Lipinski definition) is 3. The quantitative estimate of drug-likeness (QED) is 0.601. The first kappa shape index (κ1) is 15.9. The van der Waals surface area contributed by atoms with Crippen LogP contribution in [0.3, 0.4) is 0 Å². The Morgan fingerprint density at radius 2 is 1.50 bits per heavy atom. The number of aromatic hydroxyl groups is 1. The molecule has 0 atom stereocenters. The SMILES string of the molecule is O=C1C(Br)=CC(=Nc2ccc(O)cc2)C=C1Br.[NaH]. The number of hydrogen-bond donors (Lipinski definition) is 1. The van der Waals surface area contributed by atoms with Crippen LogP contribution in [0.4, 0.5) is 5.69 Å². The first-order valence-corrected chi connectivity index (χ1v) is 6.31. The molecule has 0 spiro atoms. The van der Waals surface area contributed by atoms with Crippen LogP contribution in [0.2, 0.25) is 0 Å². The van der Waals surface area contributed by atoms with E-state index in [0.717, 1.165) is 0 Å². The topological polar surface area (TPSA) is 49.7 Å². The molecule has 18 heavy (non-hydrogen) atoms. The van der Waals surface area contributed by atoms with Gasteiger partial charge in [-0.3, -0.25) is 4.79 Å². The fraction of sp³-hybridized carbons (Fsp3) is 0. The molecule has 0 saturated heterocycles. The molecule has 1 aromatic rings. The van der Waals surface area contributed by atoms with E-state index in [4.69, 9.17) is 5.11 Å². The maximum absolute atomic E-state index is 11.4. The van der Waals surface area contributed by atoms with Gasteiger partial charge < -0.3 is 5.11 Å². The van der Waals surface area contributed by atoms with Gasteiger partial charge in [-0.05, 0) is 68.3 Å². The normalized spacial score (nSPS) is 14.6. The number of Topliss-reactive ketones (excluding diaryl/α,β-unsaturated/α-hetero) is 1. The van der Waals surface area contributed by atoms with Crippen LogP contribution in [0.5, 0.6) is 5.75 Å². The molecule has 1 aromatic carbocycles. The molecule has 1 aliphatic carbocycles. The number of phenols is 1. The van der Waals surface area contributed by atoms with E-state index in [1.807, 2.05) is 0 Å². The number of rotatable bonds is 1. The molecule has 0 radical (unpaired) electrons. The van der Waals surface area contributed by atoms with Crippen LogP contribution in [0.25, 0.3) is 0 Å². The Hall–Kier alpha value is -0.200. The number of carbonyl (C=O) groups excluding carboxylic acids is 1. The van der Waals surface area contributed by atoms with Gasteiger partial charge in [0.2, 0.25) is 5.78 Å². The van der Waals surface area contributed by atoms with Crippen LogP contribution < -0.4 is 0 Å². The summed E-state index contributed by atoms with van der Waals surface area (Å²) in [5.41, 5.74) is 1.37. The Bertz CT molecular complexity index is 538. The average Bonchev–Trinajstić information content (AvgIpc) is 2.29. The van der Waals surface area contributed by atoms with E-state index < -0.39 is 0 Å². The van der Waals surface area contributed by atoms with Gasteiger partial charge in [0.05, 0.1) is 20.4 Å². The number of nitrogens with zero attached hydrogens (tertiary/aromatic N) is 1. The summed E-state index contributed by atoms with van der Waals surface area (Å²) in [7, 11) is 0. The van der Waals surface area contributed by atoms with E-state index in [-0.39, 0.29) is 41.1 Å². The zero-order valence-corrected chi connectivity index (χ0v) is 11.7. The first-order chi connectivity index (χ1) is 8.06. The summed E-state index contributed by atoms with van der Waals surface area (Å²) in [6.07, 6.45) is 3.31. The summed E-state index contributed by atoms with van der Waals surface area (Å²) >= 11 is 6.36. The van der Waals surface area contributed by atoms with Gasteiger partial charge in [-0.1, -0.05) is 0 Å². The molecular weight excluding hydrogens is 373 g/mol. The van der Waals surface area contributed by atoms with Crippen LogP contribution in [0, 0.1) is 0 Å².